The van der Waals surface area contributed by atoms with Crippen LogP contribution in [0.1, 0.15) is 17.0 Å². The molecule has 3 aromatic carbocycles. The fourth-order valence-electron chi connectivity index (χ4n) is 2.76. The number of fused-ring (bicyclic) bond motifs is 1. The van der Waals surface area contributed by atoms with Crippen LogP contribution in [0.4, 0.5) is 0 Å². The molecular formula is C21H16NO. The Kier molecular flexibility index (Phi) is 3.43. The first kappa shape index (κ1) is 13.8. The molecular weight excluding hydrogens is 282 g/mol. The first-order valence-corrected chi connectivity index (χ1v) is 7.71. The van der Waals surface area contributed by atoms with Gasteiger partial charge in [-0.15, -0.1) is 0 Å². The Morgan fingerprint density at radius 1 is 0.957 bits per heavy atom. The summed E-state index contributed by atoms with van der Waals surface area (Å²) in [5.41, 5.74) is 3.10. The summed E-state index contributed by atoms with van der Waals surface area (Å²) in [5.74, 6) is 1.55. The Morgan fingerprint density at radius 3 is 2.61 bits per heavy atom. The van der Waals surface area contributed by atoms with Gasteiger partial charge >= 0.3 is 0 Å². The molecule has 0 N–H and O–H groups in total. The van der Waals surface area contributed by atoms with Crippen LogP contribution in [0.15, 0.2) is 71.1 Å². The molecule has 0 aliphatic heterocycles. The van der Waals surface area contributed by atoms with E-state index in [0.29, 0.717) is 5.89 Å². The second-order valence-corrected chi connectivity index (χ2v) is 5.65. The molecule has 111 valence electrons. The summed E-state index contributed by atoms with van der Waals surface area (Å²) in [5, 5.41) is 2.41. The molecule has 2 nitrogen and oxygen atoms in total. The van der Waals surface area contributed by atoms with Crippen LogP contribution >= 0.6 is 0 Å². The van der Waals surface area contributed by atoms with Crippen molar-refractivity contribution in [2.75, 3.05) is 0 Å². The fraction of sp³-hybridized carbons (Fsp3) is 0.0952. The third-order valence-electron chi connectivity index (χ3n) is 4.02. The largest absolute Gasteiger partial charge is 0.441 e. The molecule has 4 rings (SSSR count). The summed E-state index contributed by atoms with van der Waals surface area (Å²) >= 11 is 0. The summed E-state index contributed by atoms with van der Waals surface area (Å²) in [6.07, 6.45) is 0.740. The van der Waals surface area contributed by atoms with Gasteiger partial charge in [-0.25, -0.2) is 4.98 Å². The third-order valence-corrected chi connectivity index (χ3v) is 4.02. The van der Waals surface area contributed by atoms with Crippen LogP contribution in [-0.2, 0) is 6.42 Å². The average Bonchev–Trinajstić information content (AvgIpc) is 2.96. The van der Waals surface area contributed by atoms with E-state index >= 15 is 0 Å². The molecule has 0 bridgehead atoms. The molecule has 0 saturated heterocycles. The van der Waals surface area contributed by atoms with Gasteiger partial charge in [0.2, 0.25) is 5.89 Å². The zero-order chi connectivity index (χ0) is 15.6. The van der Waals surface area contributed by atoms with Crippen molar-refractivity contribution in [1.29, 1.82) is 0 Å². The molecule has 0 spiro atoms. The minimum atomic E-state index is 0.680. The molecule has 1 heterocycles. The van der Waals surface area contributed by atoms with Gasteiger partial charge in [0, 0.05) is 12.0 Å². The van der Waals surface area contributed by atoms with Crippen LogP contribution in [0.25, 0.3) is 22.2 Å². The van der Waals surface area contributed by atoms with E-state index < -0.39 is 0 Å². The molecule has 0 aliphatic carbocycles. The molecule has 23 heavy (non-hydrogen) atoms. The lowest BCUT2D eigenvalue weighted by molar-refractivity contribution is 0.540. The molecule has 0 fully saturated rings. The van der Waals surface area contributed by atoms with E-state index in [-0.39, 0.29) is 0 Å². The summed E-state index contributed by atoms with van der Waals surface area (Å²) in [6.45, 7) is 1.97. The van der Waals surface area contributed by atoms with Crippen LogP contribution in [0.5, 0.6) is 0 Å². The Labute approximate surface area is 135 Å². The van der Waals surface area contributed by atoms with Gasteiger partial charge in [-0.1, -0.05) is 54.6 Å². The lowest BCUT2D eigenvalue weighted by Gasteiger charge is -1.99. The van der Waals surface area contributed by atoms with E-state index in [1.54, 1.807) is 0 Å². The summed E-state index contributed by atoms with van der Waals surface area (Å²) in [7, 11) is 0. The van der Waals surface area contributed by atoms with Crippen molar-refractivity contribution in [2.24, 2.45) is 0 Å². The highest BCUT2D eigenvalue weighted by Crippen LogP contribution is 2.26. The highest BCUT2D eigenvalue weighted by Gasteiger charge is 2.12. The van der Waals surface area contributed by atoms with E-state index in [4.69, 9.17) is 9.40 Å². The monoisotopic (exact) mass is 298 g/mol. The van der Waals surface area contributed by atoms with Gasteiger partial charge in [-0.2, -0.15) is 0 Å². The van der Waals surface area contributed by atoms with E-state index in [9.17, 15) is 0 Å². The molecule has 0 saturated carbocycles. The minimum Gasteiger partial charge on any atom is -0.441 e. The molecule has 1 radical (unpaired) electrons. The first-order valence-electron chi connectivity index (χ1n) is 7.71. The summed E-state index contributed by atoms with van der Waals surface area (Å²) < 4.78 is 5.90. The van der Waals surface area contributed by atoms with Crippen molar-refractivity contribution in [3.05, 3.63) is 89.8 Å². The Balaban J connectivity index is 1.70. The predicted octanol–water partition coefficient (Wildman–Crippen LogP) is 5.19. The maximum Gasteiger partial charge on any atom is 0.226 e. The average molecular weight is 298 g/mol. The van der Waals surface area contributed by atoms with Crippen molar-refractivity contribution < 1.29 is 4.42 Å². The Bertz CT molecular complexity index is 954. The summed E-state index contributed by atoms with van der Waals surface area (Å²) in [6, 6.07) is 25.8. The van der Waals surface area contributed by atoms with Crippen LogP contribution in [0.2, 0.25) is 0 Å². The standard InChI is InChI=1S/C21H16NO/c1-15-20(13-16-7-3-2-4-8-16)22-21(23-15)19-12-11-17-9-5-6-10-18(17)14-19/h2-7,9-12,14H,13H2,1H3. The maximum absolute atomic E-state index is 5.90. The Morgan fingerprint density at radius 2 is 1.78 bits per heavy atom. The van der Waals surface area contributed by atoms with E-state index in [0.717, 1.165) is 29.0 Å². The number of hydrogen-bond donors (Lipinski definition) is 0. The molecule has 0 unspecified atom stereocenters. The topological polar surface area (TPSA) is 26.0 Å². The highest BCUT2D eigenvalue weighted by molar-refractivity contribution is 5.86. The van der Waals surface area contributed by atoms with Crippen LogP contribution in [0.3, 0.4) is 0 Å². The SMILES string of the molecule is Cc1oc(-c2ccc3ccccc3c2)nc1Cc1[c]cccc1. The second kappa shape index (κ2) is 5.73. The molecule has 0 atom stereocenters. The van der Waals surface area contributed by atoms with E-state index in [2.05, 4.69) is 42.5 Å². The number of oxazole rings is 1. The van der Waals surface area contributed by atoms with Crippen molar-refractivity contribution in [1.82, 2.24) is 4.98 Å². The van der Waals surface area contributed by atoms with Crippen molar-refractivity contribution in [3.8, 4) is 11.5 Å². The zero-order valence-corrected chi connectivity index (χ0v) is 12.9. The molecule has 0 amide bonds. The van der Waals surface area contributed by atoms with Crippen molar-refractivity contribution in [3.63, 3.8) is 0 Å². The second-order valence-electron chi connectivity index (χ2n) is 5.65. The molecule has 2 heteroatoms. The quantitative estimate of drug-likeness (QED) is 0.520. The first-order chi connectivity index (χ1) is 11.3. The van der Waals surface area contributed by atoms with Crippen LogP contribution in [0, 0.1) is 13.0 Å². The normalized spacial score (nSPS) is 11.0. The van der Waals surface area contributed by atoms with Gasteiger partial charge in [-0.05, 0) is 41.5 Å². The number of aryl methyl sites for hydroxylation is 1. The number of nitrogens with zero attached hydrogens (tertiary/aromatic N) is 1. The zero-order valence-electron chi connectivity index (χ0n) is 12.9. The molecule has 4 aromatic rings. The Hall–Kier alpha value is -2.87. The lowest BCUT2D eigenvalue weighted by Crippen LogP contribution is -1.90. The van der Waals surface area contributed by atoms with E-state index in [1.807, 2.05) is 37.3 Å². The number of rotatable bonds is 3. The van der Waals surface area contributed by atoms with Crippen LogP contribution in [-0.4, -0.2) is 4.98 Å². The van der Waals surface area contributed by atoms with Crippen molar-refractivity contribution >= 4 is 10.8 Å². The van der Waals surface area contributed by atoms with Crippen molar-refractivity contribution in [2.45, 2.75) is 13.3 Å². The number of aromatic nitrogens is 1. The fourth-order valence-corrected chi connectivity index (χ4v) is 2.76. The predicted molar refractivity (Wildman–Crippen MR) is 92.3 cm³/mol. The number of benzene rings is 3. The third kappa shape index (κ3) is 2.76. The highest BCUT2D eigenvalue weighted by atomic mass is 16.4. The maximum atomic E-state index is 5.90. The van der Waals surface area contributed by atoms with Crippen LogP contribution < -0.4 is 0 Å². The van der Waals surface area contributed by atoms with Gasteiger partial charge in [-0.3, -0.25) is 0 Å². The lowest BCUT2D eigenvalue weighted by atomic mass is 10.1. The van der Waals surface area contributed by atoms with Gasteiger partial charge in [0.05, 0.1) is 5.69 Å². The van der Waals surface area contributed by atoms with Gasteiger partial charge in [0.15, 0.2) is 0 Å². The van der Waals surface area contributed by atoms with Gasteiger partial charge in [0.1, 0.15) is 5.76 Å². The van der Waals surface area contributed by atoms with Gasteiger partial charge < -0.3 is 4.42 Å². The molecule has 0 aliphatic rings. The molecule has 1 aromatic heterocycles. The number of hydrogen-bond acceptors (Lipinski definition) is 2. The minimum absolute atomic E-state index is 0.680. The summed E-state index contributed by atoms with van der Waals surface area (Å²) in [4.78, 5) is 4.70. The smallest absolute Gasteiger partial charge is 0.226 e. The van der Waals surface area contributed by atoms with E-state index in [1.165, 1.54) is 10.8 Å². The van der Waals surface area contributed by atoms with Gasteiger partial charge in [0.25, 0.3) is 0 Å².